The first-order valence-corrected chi connectivity index (χ1v) is 6.30. The third-order valence-corrected chi connectivity index (χ3v) is 4.85. The van der Waals surface area contributed by atoms with Gasteiger partial charge in [0.25, 0.3) is 0 Å². The molecule has 5 heavy (non-hydrogen) atoms. The Morgan fingerprint density at radius 3 is 2.20 bits per heavy atom. The van der Waals surface area contributed by atoms with E-state index in [2.05, 4.69) is 11.5 Å². The standard InChI is InChI=1S/C4H7I/c1-4-3-5(4)2/h1,3H2,2H3. The Morgan fingerprint density at radius 2 is 2.20 bits per heavy atom. The maximum absolute atomic E-state index is 3.82. The van der Waals surface area contributed by atoms with Gasteiger partial charge in [0.15, 0.2) is 0 Å². The number of hydrogen-bond acceptors (Lipinski definition) is 0. The van der Waals surface area contributed by atoms with E-state index in [1.807, 2.05) is 0 Å². The molecule has 1 rings (SSSR count). The molecule has 1 heterocycles. The molecule has 1 aliphatic rings. The molecular formula is C4H7I. The predicted octanol–water partition coefficient (Wildman–Crippen LogP) is 1.65. The van der Waals surface area contributed by atoms with Gasteiger partial charge < -0.3 is 0 Å². The number of alkyl halides is 2. The summed E-state index contributed by atoms with van der Waals surface area (Å²) in [5, 5.41) is 0. The normalized spacial score (nSPS) is 27.4. The molecule has 0 radical (unpaired) electrons. The van der Waals surface area contributed by atoms with E-state index >= 15 is 0 Å². The summed E-state index contributed by atoms with van der Waals surface area (Å²) in [6.07, 6.45) is 0. The minimum absolute atomic E-state index is 0.310. The van der Waals surface area contributed by atoms with Crippen molar-refractivity contribution in [2.24, 2.45) is 0 Å². The fourth-order valence-electron chi connectivity index (χ4n) is 0.192. The van der Waals surface area contributed by atoms with E-state index in [1.54, 1.807) is 3.58 Å². The summed E-state index contributed by atoms with van der Waals surface area (Å²) in [6, 6.07) is 0. The number of hydrogen-bond donors (Lipinski definition) is 0. The molecule has 0 spiro atoms. The third-order valence-electron chi connectivity index (χ3n) is 0.724. The van der Waals surface area contributed by atoms with Crippen LogP contribution in [0.2, 0.25) is 0 Å². The molecule has 0 nitrogen and oxygen atoms in total. The van der Waals surface area contributed by atoms with Gasteiger partial charge in [0.1, 0.15) is 0 Å². The van der Waals surface area contributed by atoms with Gasteiger partial charge in [0, 0.05) is 0 Å². The SMILES string of the molecule is C=C1CI1C. The molecule has 0 aliphatic carbocycles. The topological polar surface area (TPSA) is 0 Å². The maximum atomic E-state index is 3.82. The average Bonchev–Trinajstić information content (AvgIpc) is 1.79. The second kappa shape index (κ2) is 0.965. The molecule has 30 valence electrons. The van der Waals surface area contributed by atoms with Crippen molar-refractivity contribution in [1.82, 2.24) is 0 Å². The summed E-state index contributed by atoms with van der Waals surface area (Å²) >= 11 is -0.310. The molecule has 0 unspecified atom stereocenters. The molecule has 0 bridgehead atoms. The molecule has 0 atom stereocenters. The van der Waals surface area contributed by atoms with Crippen molar-refractivity contribution < 1.29 is 0 Å². The Morgan fingerprint density at radius 1 is 2.00 bits per heavy atom. The fraction of sp³-hybridized carbons (Fsp3) is 0.500. The molecular weight excluding hydrogens is 175 g/mol. The van der Waals surface area contributed by atoms with Crippen molar-refractivity contribution in [3.8, 4) is 0 Å². The quantitative estimate of drug-likeness (QED) is 0.394. The molecule has 0 aromatic rings. The van der Waals surface area contributed by atoms with E-state index in [-0.39, 0.29) is 19.8 Å². The Hall–Kier alpha value is 0.470. The van der Waals surface area contributed by atoms with Crippen LogP contribution in [-0.2, 0) is 0 Å². The van der Waals surface area contributed by atoms with E-state index in [9.17, 15) is 0 Å². The number of rotatable bonds is 0. The Balaban J connectivity index is 2.47. The molecule has 0 N–H and O–H groups in total. The zero-order chi connectivity index (χ0) is 3.86. The van der Waals surface area contributed by atoms with Crippen molar-refractivity contribution >= 4 is 19.8 Å². The van der Waals surface area contributed by atoms with Crippen molar-refractivity contribution in [2.45, 2.75) is 0 Å². The van der Waals surface area contributed by atoms with Gasteiger partial charge in [-0.3, -0.25) is 0 Å². The van der Waals surface area contributed by atoms with Crippen molar-refractivity contribution in [3.63, 3.8) is 0 Å². The van der Waals surface area contributed by atoms with Gasteiger partial charge in [-0.25, -0.2) is 0 Å². The summed E-state index contributed by atoms with van der Waals surface area (Å²) in [4.78, 5) is 2.35. The Bertz CT molecular complexity index is 66.0. The Kier molecular flexibility index (Phi) is 0.705. The summed E-state index contributed by atoms with van der Waals surface area (Å²) in [6.45, 7) is 3.82. The van der Waals surface area contributed by atoms with Crippen molar-refractivity contribution in [3.05, 3.63) is 10.2 Å². The molecule has 0 amide bonds. The van der Waals surface area contributed by atoms with Crippen LogP contribution in [0.4, 0.5) is 0 Å². The van der Waals surface area contributed by atoms with Gasteiger partial charge in [0.2, 0.25) is 0 Å². The van der Waals surface area contributed by atoms with Crippen LogP contribution in [0, 0.1) is 0 Å². The van der Waals surface area contributed by atoms with Crippen molar-refractivity contribution in [1.29, 1.82) is 0 Å². The summed E-state index contributed by atoms with van der Waals surface area (Å²) in [5.74, 6) is 0. The second-order valence-electron chi connectivity index (χ2n) is 1.24. The zero-order valence-electron chi connectivity index (χ0n) is 3.29. The molecule has 0 aromatic heterocycles. The van der Waals surface area contributed by atoms with Crippen LogP contribution in [0.5, 0.6) is 0 Å². The first kappa shape index (κ1) is 3.65. The van der Waals surface area contributed by atoms with Crippen LogP contribution in [0.25, 0.3) is 0 Å². The van der Waals surface area contributed by atoms with Crippen LogP contribution in [-0.4, -0.2) is 9.36 Å². The number of halogens is 1. The Labute approximate surface area is 39.6 Å². The van der Waals surface area contributed by atoms with Crippen molar-refractivity contribution in [2.75, 3.05) is 9.36 Å². The second-order valence-corrected chi connectivity index (χ2v) is 6.90. The molecule has 0 saturated carbocycles. The third kappa shape index (κ3) is 0.651. The van der Waals surface area contributed by atoms with E-state index in [0.717, 1.165) is 0 Å². The van der Waals surface area contributed by atoms with Gasteiger partial charge in [-0.1, -0.05) is 0 Å². The first-order chi connectivity index (χ1) is 2.30. The fourth-order valence-corrected chi connectivity index (χ4v) is 3.22. The van der Waals surface area contributed by atoms with Gasteiger partial charge in [-0.05, 0) is 0 Å². The minimum atomic E-state index is -0.310. The van der Waals surface area contributed by atoms with Gasteiger partial charge in [0.05, 0.1) is 0 Å². The summed E-state index contributed by atoms with van der Waals surface area (Å²) in [5.41, 5.74) is 0. The molecule has 1 saturated heterocycles. The van der Waals surface area contributed by atoms with Crippen LogP contribution in [0.3, 0.4) is 0 Å². The molecule has 1 fully saturated rings. The molecule has 0 aromatic carbocycles. The van der Waals surface area contributed by atoms with E-state index < -0.39 is 0 Å². The monoisotopic (exact) mass is 182 g/mol. The van der Waals surface area contributed by atoms with Gasteiger partial charge >= 0.3 is 39.3 Å². The average molecular weight is 182 g/mol. The predicted molar refractivity (Wildman–Crippen MR) is 34.0 cm³/mol. The summed E-state index contributed by atoms with van der Waals surface area (Å²) in [7, 11) is 0. The molecule has 1 aliphatic heterocycles. The first-order valence-electron chi connectivity index (χ1n) is 1.54. The number of allylic oxidation sites excluding steroid dienone is 1. The zero-order valence-corrected chi connectivity index (χ0v) is 5.45. The van der Waals surface area contributed by atoms with Gasteiger partial charge in [-0.2, -0.15) is 0 Å². The summed E-state index contributed by atoms with van der Waals surface area (Å²) < 4.78 is 3.01. The van der Waals surface area contributed by atoms with Crippen LogP contribution >= 0.6 is 19.8 Å². The van der Waals surface area contributed by atoms with E-state index in [4.69, 9.17) is 0 Å². The van der Waals surface area contributed by atoms with Crippen LogP contribution in [0.15, 0.2) is 10.2 Å². The van der Waals surface area contributed by atoms with E-state index in [1.165, 1.54) is 4.43 Å². The van der Waals surface area contributed by atoms with E-state index in [0.29, 0.717) is 0 Å². The van der Waals surface area contributed by atoms with Crippen LogP contribution < -0.4 is 0 Å². The van der Waals surface area contributed by atoms with Crippen LogP contribution in [0.1, 0.15) is 0 Å². The molecule has 1 heteroatoms. The van der Waals surface area contributed by atoms with Gasteiger partial charge in [-0.15, -0.1) is 0 Å².